The third-order valence-corrected chi connectivity index (χ3v) is 6.44. The quantitative estimate of drug-likeness (QED) is 0.502. The largest absolute Gasteiger partial charge is 0.377 e. The smallest absolute Gasteiger partial charge is 0.319 e. The number of hydrogen-bond donors (Lipinski definition) is 3. The van der Waals surface area contributed by atoms with Crippen molar-refractivity contribution in [3.63, 3.8) is 0 Å². The second-order valence-corrected chi connectivity index (χ2v) is 8.98. The molecule has 32 heavy (non-hydrogen) atoms. The third-order valence-electron chi connectivity index (χ3n) is 6.44. The van der Waals surface area contributed by atoms with Crippen LogP contribution in [0.5, 0.6) is 0 Å². The molecule has 1 heterocycles. The number of hydrogen-bond acceptors (Lipinski definition) is 4. The Morgan fingerprint density at radius 1 is 0.969 bits per heavy atom. The molecule has 0 spiro atoms. The van der Waals surface area contributed by atoms with E-state index in [1.807, 2.05) is 25.1 Å². The summed E-state index contributed by atoms with van der Waals surface area (Å²) >= 11 is 0. The van der Waals surface area contributed by atoms with E-state index in [1.54, 1.807) is 0 Å². The van der Waals surface area contributed by atoms with Gasteiger partial charge in [-0.1, -0.05) is 30.3 Å². The maximum Gasteiger partial charge on any atom is 0.319 e. The highest BCUT2D eigenvalue weighted by molar-refractivity contribution is 5.93. The molecule has 1 fully saturated rings. The van der Waals surface area contributed by atoms with Gasteiger partial charge in [0.2, 0.25) is 0 Å². The van der Waals surface area contributed by atoms with Gasteiger partial charge in [-0.2, -0.15) is 0 Å². The molecule has 0 unspecified atom stereocenters. The van der Waals surface area contributed by atoms with E-state index in [-0.39, 0.29) is 12.1 Å². The number of para-hydroxylation sites is 1. The second-order valence-electron chi connectivity index (χ2n) is 8.98. The third kappa shape index (κ3) is 4.96. The normalized spacial score (nSPS) is 18.2. The SMILES string of the molecule is Cc1cccc(NC(=O)NC2CCC(Nc3cc(N(C)C)c4ccccc4n3)CC2)c1C. The van der Waals surface area contributed by atoms with Gasteiger partial charge in [-0.15, -0.1) is 0 Å². The molecule has 3 N–H and O–H groups in total. The number of benzene rings is 2. The van der Waals surface area contributed by atoms with Crippen LogP contribution in [-0.2, 0) is 0 Å². The first-order chi connectivity index (χ1) is 15.4. The highest BCUT2D eigenvalue weighted by Gasteiger charge is 2.23. The molecule has 0 radical (unpaired) electrons. The Labute approximate surface area is 190 Å². The number of nitrogens with zero attached hydrogens (tertiary/aromatic N) is 2. The molecule has 1 aliphatic rings. The van der Waals surface area contributed by atoms with Crippen molar-refractivity contribution < 1.29 is 4.79 Å². The molecule has 1 aliphatic carbocycles. The zero-order valence-electron chi connectivity index (χ0n) is 19.4. The molecular weight excluding hydrogens is 398 g/mol. The van der Waals surface area contributed by atoms with Crippen molar-refractivity contribution in [2.24, 2.45) is 0 Å². The van der Waals surface area contributed by atoms with E-state index in [2.05, 4.69) is 72.2 Å². The summed E-state index contributed by atoms with van der Waals surface area (Å²) in [4.78, 5) is 19.4. The number of nitrogens with one attached hydrogen (secondary N) is 3. The van der Waals surface area contributed by atoms with Crippen LogP contribution in [-0.4, -0.2) is 37.2 Å². The Balaban J connectivity index is 1.33. The monoisotopic (exact) mass is 431 g/mol. The molecule has 0 saturated heterocycles. The second kappa shape index (κ2) is 9.47. The van der Waals surface area contributed by atoms with E-state index in [1.165, 1.54) is 5.56 Å². The van der Waals surface area contributed by atoms with E-state index >= 15 is 0 Å². The van der Waals surface area contributed by atoms with Gasteiger partial charge in [-0.3, -0.25) is 0 Å². The molecule has 2 aromatic carbocycles. The number of aromatic nitrogens is 1. The Bertz CT molecular complexity index is 1100. The molecule has 0 atom stereocenters. The van der Waals surface area contributed by atoms with Crippen LogP contribution in [0.25, 0.3) is 10.9 Å². The van der Waals surface area contributed by atoms with Gasteiger partial charge in [0.15, 0.2) is 0 Å². The molecule has 3 aromatic rings. The number of carbonyl (C=O) groups is 1. The molecule has 168 valence electrons. The summed E-state index contributed by atoms with van der Waals surface area (Å²) in [5, 5.41) is 10.9. The van der Waals surface area contributed by atoms with Crippen molar-refractivity contribution in [1.29, 1.82) is 0 Å². The van der Waals surface area contributed by atoms with Crippen molar-refractivity contribution in [2.45, 2.75) is 51.6 Å². The number of urea groups is 1. The van der Waals surface area contributed by atoms with Crippen molar-refractivity contribution in [3.8, 4) is 0 Å². The maximum absolute atomic E-state index is 12.5. The average Bonchev–Trinajstić information content (AvgIpc) is 2.77. The molecule has 0 aliphatic heterocycles. The predicted octanol–water partition coefficient (Wildman–Crippen LogP) is 5.46. The molecule has 1 saturated carbocycles. The summed E-state index contributed by atoms with van der Waals surface area (Å²) in [5.41, 5.74) is 5.32. The van der Waals surface area contributed by atoms with Crippen LogP contribution in [0, 0.1) is 13.8 Å². The van der Waals surface area contributed by atoms with E-state index in [4.69, 9.17) is 4.98 Å². The first-order valence-corrected chi connectivity index (χ1v) is 11.4. The highest BCUT2D eigenvalue weighted by Crippen LogP contribution is 2.29. The van der Waals surface area contributed by atoms with E-state index in [9.17, 15) is 4.79 Å². The van der Waals surface area contributed by atoms with Crippen LogP contribution in [0.15, 0.2) is 48.5 Å². The van der Waals surface area contributed by atoms with Gasteiger partial charge in [0.05, 0.1) is 5.52 Å². The van der Waals surface area contributed by atoms with Crippen molar-refractivity contribution in [2.75, 3.05) is 29.6 Å². The van der Waals surface area contributed by atoms with Crippen molar-refractivity contribution in [1.82, 2.24) is 10.3 Å². The fourth-order valence-corrected chi connectivity index (χ4v) is 4.42. The average molecular weight is 432 g/mol. The first-order valence-electron chi connectivity index (χ1n) is 11.4. The molecule has 6 heteroatoms. The zero-order valence-corrected chi connectivity index (χ0v) is 19.4. The molecular formula is C26H33N5O. The molecule has 6 nitrogen and oxygen atoms in total. The van der Waals surface area contributed by atoms with Gasteiger partial charge in [0.1, 0.15) is 5.82 Å². The Morgan fingerprint density at radius 3 is 2.44 bits per heavy atom. The molecule has 1 aromatic heterocycles. The summed E-state index contributed by atoms with van der Waals surface area (Å²) in [6, 6.07) is 16.8. The molecule has 4 rings (SSSR count). The van der Waals surface area contributed by atoms with Crippen molar-refractivity contribution in [3.05, 3.63) is 59.7 Å². The van der Waals surface area contributed by atoms with Crippen LogP contribution >= 0.6 is 0 Å². The summed E-state index contributed by atoms with van der Waals surface area (Å²) in [6.07, 6.45) is 3.90. The lowest BCUT2D eigenvalue weighted by Crippen LogP contribution is -2.42. The van der Waals surface area contributed by atoms with Gasteiger partial charge in [-0.25, -0.2) is 9.78 Å². The lowest BCUT2D eigenvalue weighted by Gasteiger charge is -2.30. The van der Waals surface area contributed by atoms with E-state index < -0.39 is 0 Å². The number of aryl methyl sites for hydroxylation is 1. The minimum Gasteiger partial charge on any atom is -0.377 e. The Kier molecular flexibility index (Phi) is 6.49. The summed E-state index contributed by atoms with van der Waals surface area (Å²) in [7, 11) is 4.12. The standard InChI is InChI=1S/C26H33N5O/c1-17-8-7-11-22(18(17)2)30-26(32)28-20-14-12-19(13-15-20)27-25-16-24(31(3)4)21-9-5-6-10-23(21)29-25/h5-11,16,19-20H,12-15H2,1-4H3,(H,27,29)(H2,28,30,32). The Morgan fingerprint density at radius 2 is 1.69 bits per heavy atom. The summed E-state index contributed by atoms with van der Waals surface area (Å²) in [6.45, 7) is 4.09. The maximum atomic E-state index is 12.5. The van der Waals surface area contributed by atoms with Crippen molar-refractivity contribution >= 4 is 34.1 Å². The summed E-state index contributed by atoms with van der Waals surface area (Å²) < 4.78 is 0. The number of pyridine rings is 1. The minimum absolute atomic E-state index is 0.123. The predicted molar refractivity (Wildman–Crippen MR) is 134 cm³/mol. The van der Waals surface area contributed by atoms with E-state index in [0.29, 0.717) is 6.04 Å². The number of anilines is 3. The fraction of sp³-hybridized carbons (Fsp3) is 0.385. The number of fused-ring (bicyclic) bond motifs is 1. The van der Waals surface area contributed by atoms with Crippen LogP contribution < -0.4 is 20.9 Å². The summed E-state index contributed by atoms with van der Waals surface area (Å²) in [5.74, 6) is 0.913. The lowest BCUT2D eigenvalue weighted by molar-refractivity contribution is 0.243. The van der Waals surface area contributed by atoms with Gasteiger partial charge in [0, 0.05) is 49.0 Å². The number of carbonyl (C=O) groups excluding carboxylic acids is 1. The van der Waals surface area contributed by atoms with Gasteiger partial charge in [-0.05, 0) is 62.8 Å². The highest BCUT2D eigenvalue weighted by atomic mass is 16.2. The Hall–Kier alpha value is -3.28. The van der Waals surface area contributed by atoms with Gasteiger partial charge >= 0.3 is 6.03 Å². The molecule has 2 amide bonds. The fourth-order valence-electron chi connectivity index (χ4n) is 4.42. The first kappa shape index (κ1) is 21.9. The zero-order chi connectivity index (χ0) is 22.7. The number of rotatable bonds is 5. The van der Waals surface area contributed by atoms with Crippen LogP contribution in [0.2, 0.25) is 0 Å². The number of amides is 2. The van der Waals surface area contributed by atoms with Crippen LogP contribution in [0.1, 0.15) is 36.8 Å². The minimum atomic E-state index is -0.123. The van der Waals surface area contributed by atoms with Gasteiger partial charge in [0.25, 0.3) is 0 Å². The van der Waals surface area contributed by atoms with E-state index in [0.717, 1.165) is 59.3 Å². The molecule has 0 bridgehead atoms. The van der Waals surface area contributed by atoms with Gasteiger partial charge < -0.3 is 20.9 Å². The van der Waals surface area contributed by atoms with Crippen LogP contribution in [0.3, 0.4) is 0 Å². The topological polar surface area (TPSA) is 69.3 Å². The lowest BCUT2D eigenvalue weighted by atomic mass is 9.91. The van der Waals surface area contributed by atoms with Crippen LogP contribution in [0.4, 0.5) is 22.0 Å².